The Kier molecular flexibility index (Phi) is 5.29. The first-order valence-electron chi connectivity index (χ1n) is 6.04. The first-order chi connectivity index (χ1) is 7.67. The molecule has 0 aliphatic heterocycles. The summed E-state index contributed by atoms with van der Waals surface area (Å²) < 4.78 is 4.62. The summed E-state index contributed by atoms with van der Waals surface area (Å²) >= 11 is 0. The van der Waals surface area contributed by atoms with Gasteiger partial charge in [0.15, 0.2) is 0 Å². The number of hydrogen-bond donors (Lipinski definition) is 1. The van der Waals surface area contributed by atoms with E-state index in [4.69, 9.17) is 0 Å². The Morgan fingerprint density at radius 3 is 2.50 bits per heavy atom. The zero-order valence-electron chi connectivity index (χ0n) is 10.1. The normalized spacial score (nSPS) is 18.1. The Morgan fingerprint density at radius 2 is 2.00 bits per heavy atom. The van der Waals surface area contributed by atoms with Gasteiger partial charge in [-0.05, 0) is 25.2 Å². The fourth-order valence-corrected chi connectivity index (χ4v) is 2.20. The molecule has 1 N–H and O–H groups in total. The predicted molar refractivity (Wildman–Crippen MR) is 60.8 cm³/mol. The lowest BCUT2D eigenvalue weighted by Gasteiger charge is -2.16. The van der Waals surface area contributed by atoms with Gasteiger partial charge in [-0.1, -0.05) is 19.8 Å². The highest BCUT2D eigenvalue weighted by Gasteiger charge is 2.22. The van der Waals surface area contributed by atoms with Crippen molar-refractivity contribution in [3.8, 4) is 0 Å². The highest BCUT2D eigenvalue weighted by Crippen LogP contribution is 2.27. The third-order valence-corrected chi connectivity index (χ3v) is 3.18. The first-order valence-corrected chi connectivity index (χ1v) is 6.04. The van der Waals surface area contributed by atoms with Crippen LogP contribution in [0.15, 0.2) is 0 Å². The maximum Gasteiger partial charge on any atom is 0.328 e. The Hall–Kier alpha value is -1.06. The summed E-state index contributed by atoms with van der Waals surface area (Å²) in [5, 5.41) is 2.73. The standard InChI is InChI=1S/C12H21NO3/c1-3-10(12(15)16-2)13-11(14)8-9-6-4-5-7-9/h9-10H,3-8H2,1-2H3,(H,13,14)/t10-/m0/s1. The Labute approximate surface area is 96.7 Å². The summed E-state index contributed by atoms with van der Waals surface area (Å²) in [4.78, 5) is 22.9. The zero-order valence-corrected chi connectivity index (χ0v) is 10.1. The van der Waals surface area contributed by atoms with E-state index in [1.807, 2.05) is 6.92 Å². The Balaban J connectivity index is 2.33. The molecule has 1 fully saturated rings. The van der Waals surface area contributed by atoms with Gasteiger partial charge in [0.05, 0.1) is 7.11 Å². The number of ether oxygens (including phenoxy) is 1. The van der Waals surface area contributed by atoms with E-state index in [0.29, 0.717) is 18.8 Å². The minimum Gasteiger partial charge on any atom is -0.467 e. The molecule has 0 aromatic rings. The van der Waals surface area contributed by atoms with Crippen LogP contribution in [-0.2, 0) is 14.3 Å². The lowest BCUT2D eigenvalue weighted by atomic mass is 10.0. The van der Waals surface area contributed by atoms with Crippen molar-refractivity contribution in [2.45, 2.75) is 51.5 Å². The van der Waals surface area contributed by atoms with Crippen LogP contribution in [0.25, 0.3) is 0 Å². The van der Waals surface area contributed by atoms with Crippen LogP contribution in [0, 0.1) is 5.92 Å². The maximum absolute atomic E-state index is 11.7. The fourth-order valence-electron chi connectivity index (χ4n) is 2.20. The predicted octanol–water partition coefficient (Wildman–Crippen LogP) is 1.63. The fraction of sp³-hybridized carbons (Fsp3) is 0.833. The van der Waals surface area contributed by atoms with E-state index < -0.39 is 6.04 Å². The van der Waals surface area contributed by atoms with Gasteiger partial charge in [-0.3, -0.25) is 4.79 Å². The van der Waals surface area contributed by atoms with Crippen molar-refractivity contribution >= 4 is 11.9 Å². The molecule has 1 rings (SSSR count). The monoisotopic (exact) mass is 227 g/mol. The van der Waals surface area contributed by atoms with Gasteiger partial charge in [0.2, 0.25) is 5.91 Å². The van der Waals surface area contributed by atoms with Crippen molar-refractivity contribution < 1.29 is 14.3 Å². The number of esters is 1. The van der Waals surface area contributed by atoms with Crippen LogP contribution in [0.3, 0.4) is 0 Å². The maximum atomic E-state index is 11.7. The Morgan fingerprint density at radius 1 is 1.38 bits per heavy atom. The molecule has 92 valence electrons. The van der Waals surface area contributed by atoms with E-state index >= 15 is 0 Å². The smallest absolute Gasteiger partial charge is 0.328 e. The van der Waals surface area contributed by atoms with Gasteiger partial charge < -0.3 is 10.1 Å². The van der Waals surface area contributed by atoms with Crippen LogP contribution < -0.4 is 5.32 Å². The number of nitrogens with one attached hydrogen (secondary N) is 1. The summed E-state index contributed by atoms with van der Waals surface area (Å²) in [6.07, 6.45) is 5.86. The number of methoxy groups -OCH3 is 1. The summed E-state index contributed by atoms with van der Waals surface area (Å²) in [5.41, 5.74) is 0. The van der Waals surface area contributed by atoms with Crippen molar-refractivity contribution in [1.29, 1.82) is 0 Å². The average molecular weight is 227 g/mol. The van der Waals surface area contributed by atoms with Crippen LogP contribution in [0.4, 0.5) is 0 Å². The van der Waals surface area contributed by atoms with E-state index in [1.54, 1.807) is 0 Å². The number of amides is 1. The quantitative estimate of drug-likeness (QED) is 0.726. The molecule has 1 aliphatic rings. The van der Waals surface area contributed by atoms with Crippen LogP contribution in [0.2, 0.25) is 0 Å². The van der Waals surface area contributed by atoms with Crippen molar-refractivity contribution in [3.63, 3.8) is 0 Å². The molecular weight excluding hydrogens is 206 g/mol. The van der Waals surface area contributed by atoms with Crippen molar-refractivity contribution in [2.75, 3.05) is 7.11 Å². The lowest BCUT2D eigenvalue weighted by Crippen LogP contribution is -2.41. The molecular formula is C12H21NO3. The number of carbonyl (C=O) groups excluding carboxylic acids is 2. The van der Waals surface area contributed by atoms with Gasteiger partial charge in [0.1, 0.15) is 6.04 Å². The zero-order chi connectivity index (χ0) is 12.0. The largest absolute Gasteiger partial charge is 0.467 e. The van der Waals surface area contributed by atoms with Gasteiger partial charge >= 0.3 is 5.97 Å². The first kappa shape index (κ1) is 13.0. The third-order valence-electron chi connectivity index (χ3n) is 3.18. The van der Waals surface area contributed by atoms with E-state index in [1.165, 1.54) is 20.0 Å². The topological polar surface area (TPSA) is 55.4 Å². The van der Waals surface area contributed by atoms with E-state index in [-0.39, 0.29) is 11.9 Å². The van der Waals surface area contributed by atoms with Gasteiger partial charge in [0.25, 0.3) is 0 Å². The number of carbonyl (C=O) groups is 2. The van der Waals surface area contributed by atoms with E-state index in [9.17, 15) is 9.59 Å². The van der Waals surface area contributed by atoms with E-state index in [0.717, 1.165) is 12.8 Å². The van der Waals surface area contributed by atoms with Crippen molar-refractivity contribution in [2.24, 2.45) is 5.92 Å². The molecule has 4 heteroatoms. The molecule has 0 saturated heterocycles. The van der Waals surface area contributed by atoms with Gasteiger partial charge in [-0.25, -0.2) is 4.79 Å². The molecule has 0 heterocycles. The molecule has 4 nitrogen and oxygen atoms in total. The minimum atomic E-state index is -0.487. The van der Waals surface area contributed by atoms with Crippen LogP contribution >= 0.6 is 0 Å². The molecule has 1 amide bonds. The molecule has 16 heavy (non-hydrogen) atoms. The molecule has 0 spiro atoms. The SMILES string of the molecule is CC[C@H](NC(=O)CC1CCCC1)C(=O)OC. The van der Waals surface area contributed by atoms with Gasteiger partial charge in [-0.2, -0.15) is 0 Å². The summed E-state index contributed by atoms with van der Waals surface area (Å²) in [6, 6.07) is -0.487. The van der Waals surface area contributed by atoms with Gasteiger partial charge in [0, 0.05) is 6.42 Å². The second-order valence-corrected chi connectivity index (χ2v) is 4.41. The van der Waals surface area contributed by atoms with Crippen molar-refractivity contribution in [3.05, 3.63) is 0 Å². The minimum absolute atomic E-state index is 0.0239. The molecule has 1 saturated carbocycles. The lowest BCUT2D eigenvalue weighted by molar-refractivity contribution is -0.145. The van der Waals surface area contributed by atoms with Crippen LogP contribution in [0.5, 0.6) is 0 Å². The molecule has 0 aromatic heterocycles. The van der Waals surface area contributed by atoms with Crippen LogP contribution in [0.1, 0.15) is 45.4 Å². The average Bonchev–Trinajstić information content (AvgIpc) is 2.77. The second kappa shape index (κ2) is 6.51. The number of rotatable bonds is 5. The summed E-state index contributed by atoms with van der Waals surface area (Å²) in [6.45, 7) is 1.86. The molecule has 0 unspecified atom stereocenters. The molecule has 0 aromatic carbocycles. The molecule has 0 bridgehead atoms. The summed E-state index contributed by atoms with van der Waals surface area (Å²) in [7, 11) is 1.34. The second-order valence-electron chi connectivity index (χ2n) is 4.41. The molecule has 1 atom stereocenters. The molecule has 0 radical (unpaired) electrons. The highest BCUT2D eigenvalue weighted by atomic mass is 16.5. The third kappa shape index (κ3) is 3.83. The summed E-state index contributed by atoms with van der Waals surface area (Å²) in [5.74, 6) is 0.126. The highest BCUT2D eigenvalue weighted by molar-refractivity contribution is 5.84. The van der Waals surface area contributed by atoms with Crippen LogP contribution in [-0.4, -0.2) is 25.0 Å². The van der Waals surface area contributed by atoms with Gasteiger partial charge in [-0.15, -0.1) is 0 Å². The Bertz CT molecular complexity index is 247. The molecule has 1 aliphatic carbocycles. The van der Waals surface area contributed by atoms with E-state index in [2.05, 4.69) is 10.1 Å². The number of hydrogen-bond acceptors (Lipinski definition) is 3. The van der Waals surface area contributed by atoms with Crippen molar-refractivity contribution in [1.82, 2.24) is 5.32 Å².